The number of thioether (sulfide) groups is 1. The Morgan fingerprint density at radius 2 is 1.46 bits per heavy atom. The molecule has 0 N–H and O–H groups in total. The highest BCUT2D eigenvalue weighted by molar-refractivity contribution is 8.02. The summed E-state index contributed by atoms with van der Waals surface area (Å²) >= 11 is 1.10. The molecule has 0 amide bonds. The molecule has 0 aliphatic carbocycles. The molecule has 2 aromatic rings. The summed E-state index contributed by atoms with van der Waals surface area (Å²) in [5, 5.41) is 6.21. The van der Waals surface area contributed by atoms with Gasteiger partial charge in [-0.1, -0.05) is 90.4 Å². The van der Waals surface area contributed by atoms with Crippen LogP contribution >= 0.6 is 11.8 Å². The zero-order valence-corrected chi connectivity index (χ0v) is 23.0. The smallest absolute Gasteiger partial charge is 0.247 e. The van der Waals surface area contributed by atoms with Gasteiger partial charge in [0.05, 0.1) is 18.1 Å². The van der Waals surface area contributed by atoms with E-state index < -0.39 is 0 Å². The molecule has 0 bridgehead atoms. The van der Waals surface area contributed by atoms with Crippen molar-refractivity contribution < 1.29 is 14.3 Å². The lowest BCUT2D eigenvalue weighted by Gasteiger charge is -2.09. The average Bonchev–Trinajstić information content (AvgIpc) is 3.15. The Bertz CT molecular complexity index is 909. The Balaban J connectivity index is 1.70. The van der Waals surface area contributed by atoms with Crippen molar-refractivity contribution >= 4 is 28.7 Å². The molecule has 0 spiro atoms. The normalized spacial score (nSPS) is 11.2. The van der Waals surface area contributed by atoms with Crippen LogP contribution in [0.1, 0.15) is 111 Å². The fourth-order valence-electron chi connectivity index (χ4n) is 4.06. The van der Waals surface area contributed by atoms with Crippen LogP contribution < -0.4 is 9.47 Å². The molecule has 0 saturated heterocycles. The predicted octanol–water partition coefficient (Wildman–Crippen LogP) is 7.45. The molecule has 0 atom stereocenters. The van der Waals surface area contributed by atoms with Gasteiger partial charge in [-0.2, -0.15) is 10.1 Å². The van der Waals surface area contributed by atoms with E-state index in [4.69, 9.17) is 9.47 Å². The first-order valence-electron chi connectivity index (χ1n) is 13.5. The summed E-state index contributed by atoms with van der Waals surface area (Å²) in [4.78, 5) is 19.6. The van der Waals surface area contributed by atoms with E-state index in [2.05, 4.69) is 22.0 Å². The minimum absolute atomic E-state index is 0.0607. The number of ether oxygens (including phenoxy) is 2. The van der Waals surface area contributed by atoms with Crippen molar-refractivity contribution in [2.75, 3.05) is 6.61 Å². The van der Waals surface area contributed by atoms with Crippen molar-refractivity contribution in [2.45, 2.75) is 122 Å². The Labute approximate surface area is 215 Å². The van der Waals surface area contributed by atoms with E-state index in [0.717, 1.165) is 24.6 Å². The van der Waals surface area contributed by atoms with Gasteiger partial charge in [-0.25, -0.2) is 14.5 Å². The van der Waals surface area contributed by atoms with Crippen LogP contribution in [0.2, 0.25) is 0 Å². The van der Waals surface area contributed by atoms with E-state index in [9.17, 15) is 4.79 Å². The molecular formula is C27H44N4O3S. The van der Waals surface area contributed by atoms with Crippen LogP contribution in [0, 0.1) is 0 Å². The number of carbonyl (C=O) groups excluding carboxylic acids is 1. The van der Waals surface area contributed by atoms with Gasteiger partial charge in [-0.15, -0.1) is 0 Å². The first-order chi connectivity index (χ1) is 17.1. The van der Waals surface area contributed by atoms with Crippen molar-refractivity contribution in [2.24, 2.45) is 7.05 Å². The summed E-state index contributed by atoms with van der Waals surface area (Å²) in [6.45, 7) is 6.76. The molecule has 2 rings (SSSR count). The standard InChI is InChI=1S/C27H44N4O3S/c1-5-6-7-8-9-10-11-12-13-14-15-16-17-18-20-33-26-24-23(30-31(26)4)25(34-22(2)3)29-27(28-24)35-21-19-32/h21-22H,5-18,20H2,1-4H3. The maximum absolute atomic E-state index is 10.6. The van der Waals surface area contributed by atoms with Crippen molar-refractivity contribution in [3.05, 3.63) is 5.41 Å². The summed E-state index contributed by atoms with van der Waals surface area (Å²) in [6.07, 6.45) is 18.5. The summed E-state index contributed by atoms with van der Waals surface area (Å²) < 4.78 is 13.6. The van der Waals surface area contributed by atoms with Gasteiger partial charge in [-0.3, -0.25) is 0 Å². The largest absolute Gasteiger partial charge is 0.476 e. The second-order valence-electron chi connectivity index (χ2n) is 9.40. The second-order valence-corrected chi connectivity index (χ2v) is 10.2. The van der Waals surface area contributed by atoms with Gasteiger partial charge in [0.15, 0.2) is 16.2 Å². The zero-order valence-electron chi connectivity index (χ0n) is 22.2. The monoisotopic (exact) mass is 504 g/mol. The molecule has 196 valence electrons. The molecular weight excluding hydrogens is 460 g/mol. The summed E-state index contributed by atoms with van der Waals surface area (Å²) in [5.74, 6) is 2.74. The van der Waals surface area contributed by atoms with Gasteiger partial charge < -0.3 is 9.47 Å². The third-order valence-corrected chi connectivity index (χ3v) is 6.48. The first-order valence-corrected chi connectivity index (χ1v) is 14.3. The Morgan fingerprint density at radius 1 is 0.886 bits per heavy atom. The van der Waals surface area contributed by atoms with E-state index in [-0.39, 0.29) is 6.10 Å². The number of fused-ring (bicyclic) bond motifs is 1. The average molecular weight is 505 g/mol. The molecule has 35 heavy (non-hydrogen) atoms. The lowest BCUT2D eigenvalue weighted by atomic mass is 10.0. The van der Waals surface area contributed by atoms with Gasteiger partial charge in [0, 0.05) is 7.05 Å². The number of nitrogens with zero attached hydrogens (tertiary/aromatic N) is 4. The summed E-state index contributed by atoms with van der Waals surface area (Å²) in [7, 11) is 1.83. The van der Waals surface area contributed by atoms with E-state index in [1.54, 1.807) is 10.6 Å². The van der Waals surface area contributed by atoms with Crippen LogP contribution in [-0.2, 0) is 11.8 Å². The number of aryl methyl sites for hydroxylation is 1. The van der Waals surface area contributed by atoms with Gasteiger partial charge in [0.1, 0.15) is 5.94 Å². The van der Waals surface area contributed by atoms with Gasteiger partial charge in [-0.05, 0) is 32.0 Å². The highest BCUT2D eigenvalue weighted by Gasteiger charge is 2.20. The Morgan fingerprint density at radius 3 is 2.00 bits per heavy atom. The van der Waals surface area contributed by atoms with E-state index >= 15 is 0 Å². The number of hydrogen-bond acceptors (Lipinski definition) is 7. The number of unbranched alkanes of at least 4 members (excludes halogenated alkanes) is 13. The zero-order chi connectivity index (χ0) is 25.3. The lowest BCUT2D eigenvalue weighted by molar-refractivity contribution is 0.233. The first kappa shape index (κ1) is 29.2. The van der Waals surface area contributed by atoms with Crippen molar-refractivity contribution in [1.29, 1.82) is 0 Å². The van der Waals surface area contributed by atoms with Crippen LogP contribution in [0.5, 0.6) is 11.8 Å². The third kappa shape index (κ3) is 11.0. The van der Waals surface area contributed by atoms with E-state index in [1.807, 2.05) is 20.9 Å². The van der Waals surface area contributed by atoms with Gasteiger partial charge >= 0.3 is 0 Å². The molecule has 8 heteroatoms. The minimum Gasteiger partial charge on any atom is -0.476 e. The molecule has 7 nitrogen and oxygen atoms in total. The predicted molar refractivity (Wildman–Crippen MR) is 144 cm³/mol. The van der Waals surface area contributed by atoms with Crippen LogP contribution in [0.25, 0.3) is 11.0 Å². The molecule has 2 aromatic heterocycles. The Hall–Kier alpha value is -2.05. The second kappa shape index (κ2) is 17.4. The maximum Gasteiger partial charge on any atom is 0.247 e. The molecule has 0 aliphatic heterocycles. The number of aromatic nitrogens is 4. The van der Waals surface area contributed by atoms with Crippen molar-refractivity contribution in [3.8, 4) is 11.8 Å². The number of rotatable bonds is 20. The highest BCUT2D eigenvalue weighted by Crippen LogP contribution is 2.32. The van der Waals surface area contributed by atoms with Crippen LogP contribution in [0.15, 0.2) is 10.6 Å². The SMILES string of the molecule is CCCCCCCCCCCCCCCCOc1c2nc(SC=C=O)nc(OC(C)C)c2nn1C. The molecule has 0 aromatic carbocycles. The van der Waals surface area contributed by atoms with Gasteiger partial charge in [0.25, 0.3) is 0 Å². The quantitative estimate of drug-likeness (QED) is 0.0801. The van der Waals surface area contributed by atoms with Gasteiger partial charge in [0.2, 0.25) is 11.8 Å². The topological polar surface area (TPSA) is 79.1 Å². The number of hydrogen-bond donors (Lipinski definition) is 0. The fraction of sp³-hybridized carbons (Fsp3) is 0.741. The molecule has 0 fully saturated rings. The summed E-state index contributed by atoms with van der Waals surface area (Å²) in [6, 6.07) is 0. The lowest BCUT2D eigenvalue weighted by Crippen LogP contribution is -2.08. The molecule has 2 heterocycles. The van der Waals surface area contributed by atoms with Crippen molar-refractivity contribution in [1.82, 2.24) is 19.7 Å². The molecule has 0 unspecified atom stereocenters. The highest BCUT2D eigenvalue weighted by atomic mass is 32.2. The maximum atomic E-state index is 10.6. The van der Waals surface area contributed by atoms with Crippen LogP contribution in [0.3, 0.4) is 0 Å². The van der Waals surface area contributed by atoms with Crippen LogP contribution in [-0.4, -0.2) is 38.4 Å². The van der Waals surface area contributed by atoms with E-state index in [0.29, 0.717) is 34.6 Å². The van der Waals surface area contributed by atoms with Crippen LogP contribution in [0.4, 0.5) is 0 Å². The molecule has 0 aliphatic rings. The molecule has 0 saturated carbocycles. The van der Waals surface area contributed by atoms with Crippen molar-refractivity contribution in [3.63, 3.8) is 0 Å². The minimum atomic E-state index is -0.0607. The van der Waals surface area contributed by atoms with E-state index in [1.165, 1.54) is 82.5 Å². The third-order valence-electron chi connectivity index (χ3n) is 5.87. The molecule has 0 radical (unpaired) electrons. The Kier molecular flexibility index (Phi) is 14.5. The fourth-order valence-corrected chi connectivity index (χ4v) is 4.50. The summed E-state index contributed by atoms with van der Waals surface area (Å²) in [5.41, 5.74) is 1.17.